The van der Waals surface area contributed by atoms with E-state index in [4.69, 9.17) is 22.3 Å². The van der Waals surface area contributed by atoms with Crippen LogP contribution >= 0.6 is 0 Å². The second-order valence-electron chi connectivity index (χ2n) is 1.96. The van der Waals surface area contributed by atoms with E-state index in [1.54, 1.807) is 0 Å². The Labute approximate surface area is 67.9 Å². The number of nitrogens with zero attached hydrogens (tertiary/aromatic N) is 2. The van der Waals surface area contributed by atoms with Gasteiger partial charge >= 0.3 is 0 Å². The second-order valence-corrected chi connectivity index (χ2v) is 1.96. The number of anilines is 1. The summed E-state index contributed by atoms with van der Waals surface area (Å²) in [5, 5.41) is 17.6. The monoisotopic (exact) mass is 168 g/mol. The Bertz CT molecular complexity index is 277. The normalized spacial score (nSPS) is 9.33. The number of rotatable bonds is 1. The Morgan fingerprint density at radius 1 is 1.42 bits per heavy atom. The molecule has 0 unspecified atom stereocenters. The van der Waals surface area contributed by atoms with Gasteiger partial charge in [0, 0.05) is 6.07 Å². The molecule has 0 saturated carbocycles. The Morgan fingerprint density at radius 3 is 2.33 bits per heavy atom. The quantitative estimate of drug-likeness (QED) is 0.324. The molecule has 0 aliphatic carbocycles. The van der Waals surface area contributed by atoms with Crippen LogP contribution in [0.1, 0.15) is 0 Å². The van der Waals surface area contributed by atoms with Crippen LogP contribution in [-0.4, -0.2) is 17.1 Å². The molecule has 0 fully saturated rings. The minimum absolute atomic E-state index is 0.218. The number of guanidine groups is 2. The summed E-state index contributed by atoms with van der Waals surface area (Å²) < 4.78 is 4.50. The molecule has 6 N–H and O–H groups in total. The van der Waals surface area contributed by atoms with Gasteiger partial charge in [0.15, 0.2) is 5.82 Å². The van der Waals surface area contributed by atoms with Crippen LogP contribution < -0.4 is 16.4 Å². The summed E-state index contributed by atoms with van der Waals surface area (Å²) in [4.78, 5) is 0.934. The van der Waals surface area contributed by atoms with Crippen molar-refractivity contribution in [1.82, 2.24) is 5.16 Å². The zero-order valence-corrected chi connectivity index (χ0v) is 6.11. The lowest BCUT2D eigenvalue weighted by molar-refractivity contribution is 0.422. The smallest absolute Gasteiger partial charge is 0.201 e. The third-order valence-electron chi connectivity index (χ3n) is 1.14. The molecular formula is C5H8N6O. The molecule has 0 aliphatic heterocycles. The van der Waals surface area contributed by atoms with E-state index in [1.807, 2.05) is 0 Å². The van der Waals surface area contributed by atoms with E-state index in [0.29, 0.717) is 0 Å². The third kappa shape index (κ3) is 1.34. The van der Waals surface area contributed by atoms with Crippen molar-refractivity contribution in [2.24, 2.45) is 11.5 Å². The molecule has 0 aliphatic rings. The maximum atomic E-state index is 7.06. The Hall–Kier alpha value is -2.05. The van der Waals surface area contributed by atoms with Gasteiger partial charge in [-0.2, -0.15) is 0 Å². The minimum Gasteiger partial charge on any atom is -0.369 e. The van der Waals surface area contributed by atoms with Crippen molar-refractivity contribution in [3.8, 4) is 0 Å². The molecule has 7 heteroatoms. The summed E-state index contributed by atoms with van der Waals surface area (Å²) in [5.74, 6) is -0.539. The van der Waals surface area contributed by atoms with Crippen molar-refractivity contribution < 1.29 is 4.52 Å². The van der Waals surface area contributed by atoms with Gasteiger partial charge in [-0.3, -0.25) is 10.8 Å². The van der Waals surface area contributed by atoms with E-state index in [2.05, 4.69) is 9.68 Å². The molecule has 1 aromatic heterocycles. The maximum absolute atomic E-state index is 7.06. The Balaban J connectivity index is 2.96. The van der Waals surface area contributed by atoms with Crippen LogP contribution in [0.15, 0.2) is 16.9 Å². The van der Waals surface area contributed by atoms with Gasteiger partial charge in [-0.25, -0.2) is 4.90 Å². The zero-order chi connectivity index (χ0) is 9.14. The van der Waals surface area contributed by atoms with E-state index < -0.39 is 0 Å². The van der Waals surface area contributed by atoms with Gasteiger partial charge in [0.25, 0.3) is 0 Å². The average Bonchev–Trinajstić information content (AvgIpc) is 2.37. The molecule has 12 heavy (non-hydrogen) atoms. The van der Waals surface area contributed by atoms with Crippen LogP contribution in [0.4, 0.5) is 5.82 Å². The van der Waals surface area contributed by atoms with Crippen LogP contribution in [0.2, 0.25) is 0 Å². The summed E-state index contributed by atoms with van der Waals surface area (Å²) >= 11 is 0. The zero-order valence-electron chi connectivity index (χ0n) is 6.11. The van der Waals surface area contributed by atoms with Crippen molar-refractivity contribution >= 4 is 17.7 Å². The van der Waals surface area contributed by atoms with Gasteiger partial charge in [0.2, 0.25) is 11.9 Å². The van der Waals surface area contributed by atoms with E-state index in [0.717, 1.165) is 4.90 Å². The average molecular weight is 168 g/mol. The molecule has 1 rings (SSSR count). The molecule has 0 aromatic carbocycles. The van der Waals surface area contributed by atoms with Crippen molar-refractivity contribution in [3.05, 3.63) is 12.3 Å². The molecule has 0 spiro atoms. The summed E-state index contributed by atoms with van der Waals surface area (Å²) in [6, 6.07) is 1.45. The van der Waals surface area contributed by atoms with Crippen LogP contribution in [0.25, 0.3) is 0 Å². The molecule has 0 amide bonds. The second kappa shape index (κ2) is 2.91. The lowest BCUT2D eigenvalue weighted by atomic mass is 10.5. The van der Waals surface area contributed by atoms with Crippen molar-refractivity contribution in [2.75, 3.05) is 4.90 Å². The number of nitrogens with two attached hydrogens (primary N) is 2. The molecule has 0 atom stereocenters. The number of hydrogen-bond donors (Lipinski definition) is 4. The predicted molar refractivity (Wildman–Crippen MR) is 42.8 cm³/mol. The molecule has 1 heterocycles. The number of aromatic nitrogens is 1. The fraction of sp³-hybridized carbons (Fsp3) is 0. The highest BCUT2D eigenvalue weighted by Crippen LogP contribution is 2.07. The van der Waals surface area contributed by atoms with E-state index in [-0.39, 0.29) is 17.7 Å². The summed E-state index contributed by atoms with van der Waals surface area (Å²) in [6.07, 6.45) is 1.30. The van der Waals surface area contributed by atoms with E-state index in [1.165, 1.54) is 12.3 Å². The molecule has 7 nitrogen and oxygen atoms in total. The minimum atomic E-state index is -0.378. The summed E-state index contributed by atoms with van der Waals surface area (Å²) in [6.45, 7) is 0. The van der Waals surface area contributed by atoms with E-state index >= 15 is 0 Å². The maximum Gasteiger partial charge on any atom is 0.201 e. The lowest BCUT2D eigenvalue weighted by Crippen LogP contribution is -2.45. The van der Waals surface area contributed by atoms with Crippen LogP contribution in [0.3, 0.4) is 0 Å². The number of hydrogen-bond acceptors (Lipinski definition) is 4. The summed E-state index contributed by atoms with van der Waals surface area (Å²) in [5.41, 5.74) is 10.3. The van der Waals surface area contributed by atoms with Gasteiger partial charge in [-0.05, 0) is 0 Å². The van der Waals surface area contributed by atoms with Crippen molar-refractivity contribution in [3.63, 3.8) is 0 Å². The lowest BCUT2D eigenvalue weighted by Gasteiger charge is -2.15. The Kier molecular flexibility index (Phi) is 1.95. The first-order valence-electron chi connectivity index (χ1n) is 3.01. The molecule has 0 saturated heterocycles. The fourth-order valence-corrected chi connectivity index (χ4v) is 0.698. The van der Waals surface area contributed by atoms with Gasteiger partial charge in [-0.1, -0.05) is 5.16 Å². The summed E-state index contributed by atoms with van der Waals surface area (Å²) in [7, 11) is 0. The first-order valence-corrected chi connectivity index (χ1v) is 3.01. The first-order chi connectivity index (χ1) is 5.63. The largest absolute Gasteiger partial charge is 0.369 e. The fourth-order valence-electron chi connectivity index (χ4n) is 0.698. The van der Waals surface area contributed by atoms with Crippen molar-refractivity contribution in [1.29, 1.82) is 10.8 Å². The SMILES string of the molecule is N=C(N)N(C(=N)N)c1ccon1. The van der Waals surface area contributed by atoms with Crippen molar-refractivity contribution in [2.45, 2.75) is 0 Å². The molecule has 0 bridgehead atoms. The predicted octanol–water partition coefficient (Wildman–Crippen LogP) is -0.732. The molecular weight excluding hydrogens is 160 g/mol. The van der Waals surface area contributed by atoms with E-state index in [9.17, 15) is 0 Å². The molecule has 1 aromatic rings. The highest BCUT2D eigenvalue weighted by atomic mass is 16.5. The van der Waals surface area contributed by atoms with Gasteiger partial charge in [0.1, 0.15) is 6.26 Å². The molecule has 0 radical (unpaired) electrons. The Morgan fingerprint density at radius 2 is 2.00 bits per heavy atom. The molecule has 64 valence electrons. The highest BCUT2D eigenvalue weighted by molar-refractivity contribution is 6.13. The van der Waals surface area contributed by atoms with Gasteiger partial charge in [0.05, 0.1) is 0 Å². The topological polar surface area (TPSA) is 129 Å². The standard InChI is InChI=1S/C5H8N6O/c6-4(7)11(5(8)9)3-1-2-12-10-3/h1-2H,(H3,6,7)(H3,8,9). The van der Waals surface area contributed by atoms with Crippen LogP contribution in [0.5, 0.6) is 0 Å². The first kappa shape index (κ1) is 8.05. The highest BCUT2D eigenvalue weighted by Gasteiger charge is 2.14. The van der Waals surface area contributed by atoms with Gasteiger partial charge < -0.3 is 16.0 Å². The van der Waals surface area contributed by atoms with Crippen LogP contribution in [0, 0.1) is 10.8 Å². The van der Waals surface area contributed by atoms with Crippen LogP contribution in [-0.2, 0) is 0 Å². The number of nitrogens with one attached hydrogen (secondary N) is 2. The van der Waals surface area contributed by atoms with Gasteiger partial charge in [-0.15, -0.1) is 0 Å². The third-order valence-corrected chi connectivity index (χ3v) is 1.14.